The smallest absolute Gasteiger partial charge is 0.272 e. The van der Waals surface area contributed by atoms with Crippen LogP contribution in [-0.2, 0) is 4.79 Å². The van der Waals surface area contributed by atoms with Gasteiger partial charge in [-0.05, 0) is 17.7 Å². The van der Waals surface area contributed by atoms with Crippen LogP contribution in [0, 0.1) is 17.7 Å². The zero-order chi connectivity index (χ0) is 18.3. The van der Waals surface area contributed by atoms with Crippen LogP contribution in [0.3, 0.4) is 0 Å². The minimum atomic E-state index is -0.457. The second-order valence-electron chi connectivity index (χ2n) is 7.02. The largest absolute Gasteiger partial charge is 0.337 e. The lowest BCUT2D eigenvalue weighted by Crippen LogP contribution is -2.36. The fraction of sp³-hybridized carbons (Fsp3) is 0.350. The van der Waals surface area contributed by atoms with Crippen molar-refractivity contribution in [2.24, 2.45) is 11.8 Å². The van der Waals surface area contributed by atoms with Crippen LogP contribution in [0.2, 0.25) is 0 Å². The van der Waals surface area contributed by atoms with Crippen molar-refractivity contribution in [3.05, 3.63) is 65.7 Å². The van der Waals surface area contributed by atoms with Crippen LogP contribution in [0.4, 0.5) is 4.39 Å². The Morgan fingerprint density at radius 2 is 1.85 bits per heavy atom. The van der Waals surface area contributed by atoms with E-state index in [0.717, 1.165) is 11.8 Å². The summed E-state index contributed by atoms with van der Waals surface area (Å²) in [6.45, 7) is 3.42. The molecule has 134 valence electrons. The summed E-state index contributed by atoms with van der Waals surface area (Å²) in [5.74, 6) is -0.132. The van der Waals surface area contributed by atoms with E-state index in [1.165, 1.54) is 12.1 Å². The number of nitrogens with zero attached hydrogens (tertiary/aromatic N) is 3. The molecule has 26 heavy (non-hydrogen) atoms. The molecule has 0 aliphatic carbocycles. The summed E-state index contributed by atoms with van der Waals surface area (Å²) in [7, 11) is 0. The molecule has 5 nitrogen and oxygen atoms in total. The fourth-order valence-electron chi connectivity index (χ4n) is 4.28. The lowest BCUT2D eigenvalue weighted by atomic mass is 9.89. The second-order valence-corrected chi connectivity index (χ2v) is 7.02. The zero-order valence-corrected chi connectivity index (χ0v) is 14.5. The highest BCUT2D eigenvalue weighted by Gasteiger charge is 2.49. The van der Waals surface area contributed by atoms with Crippen molar-refractivity contribution < 1.29 is 14.0 Å². The molecule has 1 aromatic heterocycles. The second kappa shape index (κ2) is 6.52. The summed E-state index contributed by atoms with van der Waals surface area (Å²) < 4.78 is 13.0. The Hall–Kier alpha value is -2.76. The van der Waals surface area contributed by atoms with Gasteiger partial charge in [0.25, 0.3) is 5.91 Å². The molecule has 4 rings (SSSR count). The third-order valence-electron chi connectivity index (χ3n) is 5.44. The fourth-order valence-corrected chi connectivity index (χ4v) is 4.28. The van der Waals surface area contributed by atoms with Crippen LogP contribution in [0.15, 0.2) is 48.7 Å². The van der Waals surface area contributed by atoms with Gasteiger partial charge in [0, 0.05) is 38.4 Å². The molecule has 2 aliphatic rings. The minimum absolute atomic E-state index is 0.0160. The number of hydrogen-bond donors (Lipinski definition) is 0. The molecule has 0 radical (unpaired) electrons. The first-order chi connectivity index (χ1) is 12.5. The Kier molecular flexibility index (Phi) is 4.18. The van der Waals surface area contributed by atoms with Gasteiger partial charge in [-0.2, -0.15) is 0 Å². The minimum Gasteiger partial charge on any atom is -0.337 e. The van der Waals surface area contributed by atoms with Gasteiger partial charge in [-0.25, -0.2) is 9.37 Å². The molecular formula is C20H20FN3O2. The lowest BCUT2D eigenvalue weighted by molar-refractivity contribution is -0.130. The molecule has 3 heterocycles. The van der Waals surface area contributed by atoms with E-state index in [4.69, 9.17) is 0 Å². The van der Waals surface area contributed by atoms with Crippen molar-refractivity contribution in [2.75, 3.05) is 19.6 Å². The number of benzene rings is 1. The Morgan fingerprint density at radius 1 is 1.08 bits per heavy atom. The molecular weight excluding hydrogens is 333 g/mol. The van der Waals surface area contributed by atoms with Gasteiger partial charge in [0.2, 0.25) is 5.91 Å². The number of hydrogen-bond acceptors (Lipinski definition) is 3. The molecule has 0 saturated carbocycles. The van der Waals surface area contributed by atoms with Gasteiger partial charge in [-0.15, -0.1) is 0 Å². The molecule has 3 atom stereocenters. The molecule has 6 heteroatoms. The molecule has 2 amide bonds. The lowest BCUT2D eigenvalue weighted by Gasteiger charge is -2.29. The molecule has 2 fully saturated rings. The SMILES string of the molecule is CC(=O)N1C[C@H]2CN(C(=O)c3ccc(F)cn3)C[C@H]2[C@H]1c1ccccc1. The van der Waals surface area contributed by atoms with Crippen LogP contribution in [0.1, 0.15) is 29.0 Å². The van der Waals surface area contributed by atoms with Crippen LogP contribution in [0.5, 0.6) is 0 Å². The predicted molar refractivity (Wildman–Crippen MR) is 93.6 cm³/mol. The summed E-state index contributed by atoms with van der Waals surface area (Å²) >= 11 is 0. The highest BCUT2D eigenvalue weighted by atomic mass is 19.1. The number of halogens is 1. The van der Waals surface area contributed by atoms with E-state index >= 15 is 0 Å². The number of aromatic nitrogens is 1. The monoisotopic (exact) mass is 353 g/mol. The highest BCUT2D eigenvalue weighted by Crippen LogP contribution is 2.45. The van der Waals surface area contributed by atoms with Crippen LogP contribution in [0.25, 0.3) is 0 Å². The summed E-state index contributed by atoms with van der Waals surface area (Å²) in [5, 5.41) is 0. The number of carbonyl (C=O) groups excluding carboxylic acids is 2. The number of rotatable bonds is 2. The van der Waals surface area contributed by atoms with E-state index in [2.05, 4.69) is 4.98 Å². The van der Waals surface area contributed by atoms with E-state index in [1.54, 1.807) is 11.8 Å². The molecule has 0 unspecified atom stereocenters. The van der Waals surface area contributed by atoms with E-state index in [-0.39, 0.29) is 35.4 Å². The molecule has 0 bridgehead atoms. The zero-order valence-electron chi connectivity index (χ0n) is 14.5. The number of carbonyl (C=O) groups is 2. The van der Waals surface area contributed by atoms with Gasteiger partial charge in [-0.3, -0.25) is 9.59 Å². The first-order valence-corrected chi connectivity index (χ1v) is 8.77. The van der Waals surface area contributed by atoms with E-state index in [1.807, 2.05) is 35.2 Å². The standard InChI is InChI=1S/C20H20FN3O2/c1-13(25)24-11-15-10-23(20(26)18-8-7-16(21)9-22-18)12-17(15)19(24)14-5-3-2-4-6-14/h2-9,15,17,19H,10-12H2,1H3/t15-,17-,19-/m1/s1. The first kappa shape index (κ1) is 16.7. The van der Waals surface area contributed by atoms with Gasteiger partial charge in [-0.1, -0.05) is 30.3 Å². The van der Waals surface area contributed by atoms with Gasteiger partial charge < -0.3 is 9.80 Å². The molecule has 2 aliphatic heterocycles. The summed E-state index contributed by atoms with van der Waals surface area (Å²) in [6, 6.07) is 12.6. The van der Waals surface area contributed by atoms with Crippen molar-refractivity contribution in [1.82, 2.24) is 14.8 Å². The number of likely N-dealkylation sites (tertiary alicyclic amines) is 2. The van der Waals surface area contributed by atoms with Gasteiger partial charge in [0.1, 0.15) is 11.5 Å². The molecule has 2 aromatic rings. The third kappa shape index (κ3) is 2.85. The van der Waals surface area contributed by atoms with Crippen LogP contribution >= 0.6 is 0 Å². The molecule has 1 aromatic carbocycles. The van der Waals surface area contributed by atoms with Gasteiger partial charge in [0.15, 0.2) is 0 Å². The molecule has 2 saturated heterocycles. The quantitative estimate of drug-likeness (QED) is 0.834. The maximum atomic E-state index is 13.0. The highest BCUT2D eigenvalue weighted by molar-refractivity contribution is 5.92. The first-order valence-electron chi connectivity index (χ1n) is 8.77. The third-order valence-corrected chi connectivity index (χ3v) is 5.44. The Morgan fingerprint density at radius 3 is 2.50 bits per heavy atom. The maximum Gasteiger partial charge on any atom is 0.272 e. The Balaban J connectivity index is 1.57. The summed E-state index contributed by atoms with van der Waals surface area (Å²) in [6.07, 6.45) is 1.06. The van der Waals surface area contributed by atoms with Crippen molar-refractivity contribution in [3.8, 4) is 0 Å². The maximum absolute atomic E-state index is 13.0. The van der Waals surface area contributed by atoms with Crippen molar-refractivity contribution in [1.29, 1.82) is 0 Å². The Labute approximate surface area is 151 Å². The predicted octanol–water partition coefficient (Wildman–Crippen LogP) is 2.51. The summed E-state index contributed by atoms with van der Waals surface area (Å²) in [4.78, 5) is 32.4. The van der Waals surface area contributed by atoms with Crippen LogP contribution < -0.4 is 0 Å². The van der Waals surface area contributed by atoms with Gasteiger partial charge >= 0.3 is 0 Å². The average molecular weight is 353 g/mol. The number of pyridine rings is 1. The van der Waals surface area contributed by atoms with E-state index in [9.17, 15) is 14.0 Å². The van der Waals surface area contributed by atoms with Gasteiger partial charge in [0.05, 0.1) is 12.2 Å². The van der Waals surface area contributed by atoms with Crippen molar-refractivity contribution in [2.45, 2.75) is 13.0 Å². The van der Waals surface area contributed by atoms with Crippen LogP contribution in [-0.4, -0.2) is 46.2 Å². The van der Waals surface area contributed by atoms with E-state index in [0.29, 0.717) is 19.6 Å². The van der Waals surface area contributed by atoms with Crippen molar-refractivity contribution in [3.63, 3.8) is 0 Å². The Bertz CT molecular complexity index is 825. The van der Waals surface area contributed by atoms with Crippen molar-refractivity contribution >= 4 is 11.8 Å². The molecule has 0 N–H and O–H groups in total. The average Bonchev–Trinajstić information content (AvgIpc) is 3.20. The number of amides is 2. The normalized spacial score (nSPS) is 24.6. The van der Waals surface area contributed by atoms with E-state index < -0.39 is 5.82 Å². The molecule has 0 spiro atoms. The number of fused-ring (bicyclic) bond motifs is 1. The summed E-state index contributed by atoms with van der Waals surface area (Å²) in [5.41, 5.74) is 1.36. The topological polar surface area (TPSA) is 53.5 Å².